The zero-order chi connectivity index (χ0) is 16.1. The molecule has 0 saturated carbocycles. The highest BCUT2D eigenvalue weighted by Crippen LogP contribution is 2.22. The molecule has 0 aliphatic carbocycles. The molecule has 0 unspecified atom stereocenters. The number of hydrogen-bond donors (Lipinski definition) is 2. The Morgan fingerprint density at radius 2 is 1.96 bits per heavy atom. The zero-order valence-corrected chi connectivity index (χ0v) is 14.1. The summed E-state index contributed by atoms with van der Waals surface area (Å²) >= 11 is 3.45. The first-order chi connectivity index (χ1) is 11.2. The molecule has 0 fully saturated rings. The first-order valence-electron chi connectivity index (χ1n) is 7.06. The van der Waals surface area contributed by atoms with Crippen molar-refractivity contribution in [1.29, 1.82) is 0 Å². The molecule has 0 spiro atoms. The average Bonchev–Trinajstić information content (AvgIpc) is 2.57. The Balaban J connectivity index is 1.69. The van der Waals surface area contributed by atoms with Crippen molar-refractivity contribution in [2.24, 2.45) is 0 Å². The fourth-order valence-corrected chi connectivity index (χ4v) is 2.50. The van der Waals surface area contributed by atoms with Crippen LogP contribution in [0.2, 0.25) is 0 Å². The number of anilines is 3. The van der Waals surface area contributed by atoms with Crippen LogP contribution in [-0.2, 0) is 6.54 Å². The lowest BCUT2D eigenvalue weighted by molar-refractivity contribution is 0.964. The predicted molar refractivity (Wildman–Crippen MR) is 93.6 cm³/mol. The summed E-state index contributed by atoms with van der Waals surface area (Å²) in [5.74, 6) is 1.12. The lowest BCUT2D eigenvalue weighted by Crippen LogP contribution is -2.06. The number of aromatic nitrogens is 4. The molecule has 2 aromatic heterocycles. The maximum atomic E-state index is 4.42. The second-order valence-corrected chi connectivity index (χ2v) is 5.87. The summed E-state index contributed by atoms with van der Waals surface area (Å²) in [5, 5.41) is 14.4. The van der Waals surface area contributed by atoms with Crippen LogP contribution in [0.1, 0.15) is 11.1 Å². The highest BCUT2D eigenvalue weighted by Gasteiger charge is 2.04. The Morgan fingerprint density at radius 1 is 1.13 bits per heavy atom. The van der Waals surface area contributed by atoms with E-state index in [9.17, 15) is 0 Å². The van der Waals surface area contributed by atoms with Crippen molar-refractivity contribution in [3.8, 4) is 0 Å². The number of nitrogens with one attached hydrogen (secondary N) is 2. The molecule has 0 saturated heterocycles. The van der Waals surface area contributed by atoms with Crippen molar-refractivity contribution >= 4 is 33.4 Å². The van der Waals surface area contributed by atoms with Crippen molar-refractivity contribution in [3.63, 3.8) is 0 Å². The van der Waals surface area contributed by atoms with Crippen LogP contribution in [0.15, 0.2) is 53.4 Å². The van der Waals surface area contributed by atoms with E-state index in [1.165, 1.54) is 0 Å². The second-order valence-electron chi connectivity index (χ2n) is 4.96. The Bertz CT molecular complexity index is 794. The molecule has 3 aromatic rings. The highest BCUT2D eigenvalue weighted by molar-refractivity contribution is 9.10. The Kier molecular flexibility index (Phi) is 4.77. The van der Waals surface area contributed by atoms with Gasteiger partial charge in [-0.2, -0.15) is 10.1 Å². The van der Waals surface area contributed by atoms with Gasteiger partial charge in [0.15, 0.2) is 5.82 Å². The third-order valence-electron chi connectivity index (χ3n) is 3.22. The molecule has 2 heterocycles. The summed E-state index contributed by atoms with van der Waals surface area (Å²) in [6, 6.07) is 9.87. The summed E-state index contributed by atoms with van der Waals surface area (Å²) in [7, 11) is 0. The monoisotopic (exact) mass is 370 g/mol. The van der Waals surface area contributed by atoms with Gasteiger partial charge in [-0.3, -0.25) is 4.98 Å². The van der Waals surface area contributed by atoms with Gasteiger partial charge in [-0.1, -0.05) is 15.9 Å². The van der Waals surface area contributed by atoms with Crippen molar-refractivity contribution in [2.75, 3.05) is 10.6 Å². The smallest absolute Gasteiger partial charge is 0.249 e. The van der Waals surface area contributed by atoms with Gasteiger partial charge < -0.3 is 10.6 Å². The molecular formula is C16H15BrN6. The number of halogens is 1. The van der Waals surface area contributed by atoms with Crippen LogP contribution in [0.25, 0.3) is 0 Å². The van der Waals surface area contributed by atoms with E-state index in [0.717, 1.165) is 21.3 Å². The molecular weight excluding hydrogens is 356 g/mol. The molecule has 0 radical (unpaired) electrons. The number of nitrogens with zero attached hydrogens (tertiary/aromatic N) is 4. The third kappa shape index (κ3) is 4.23. The minimum absolute atomic E-state index is 0.454. The van der Waals surface area contributed by atoms with Gasteiger partial charge in [0.05, 0.1) is 6.20 Å². The van der Waals surface area contributed by atoms with Gasteiger partial charge in [-0.05, 0) is 48.4 Å². The largest absolute Gasteiger partial charge is 0.365 e. The summed E-state index contributed by atoms with van der Waals surface area (Å²) in [6.07, 6.45) is 5.12. The van der Waals surface area contributed by atoms with Crippen molar-refractivity contribution in [3.05, 3.63) is 64.5 Å². The standard InChI is InChI=1S/C16H15BrN6/c1-11-8-13(17)2-3-14(11)21-16-22-15(10-20-23-16)19-9-12-4-6-18-7-5-12/h2-8,10H,9H2,1H3,(H2,19,21,22,23). The molecule has 6 nitrogen and oxygen atoms in total. The quantitative estimate of drug-likeness (QED) is 0.713. The van der Waals surface area contributed by atoms with Crippen LogP contribution >= 0.6 is 15.9 Å². The first kappa shape index (κ1) is 15.4. The van der Waals surface area contributed by atoms with Crippen LogP contribution in [0.3, 0.4) is 0 Å². The predicted octanol–water partition coefficient (Wildman–Crippen LogP) is 3.69. The van der Waals surface area contributed by atoms with Gasteiger partial charge in [-0.25, -0.2) is 0 Å². The van der Waals surface area contributed by atoms with Gasteiger partial charge in [0.25, 0.3) is 0 Å². The molecule has 1 aromatic carbocycles. The fraction of sp³-hybridized carbons (Fsp3) is 0.125. The van der Waals surface area contributed by atoms with Crippen LogP contribution in [0, 0.1) is 6.92 Å². The van der Waals surface area contributed by atoms with Crippen molar-refractivity contribution < 1.29 is 0 Å². The summed E-state index contributed by atoms with van der Waals surface area (Å²) in [6.45, 7) is 2.67. The van der Waals surface area contributed by atoms with Crippen molar-refractivity contribution in [2.45, 2.75) is 13.5 Å². The van der Waals surface area contributed by atoms with Gasteiger partial charge in [0.2, 0.25) is 5.95 Å². The van der Waals surface area contributed by atoms with Crippen LogP contribution in [0.4, 0.5) is 17.5 Å². The summed E-state index contributed by atoms with van der Waals surface area (Å²) < 4.78 is 1.03. The van der Waals surface area contributed by atoms with E-state index < -0.39 is 0 Å². The molecule has 7 heteroatoms. The number of pyridine rings is 1. The normalized spacial score (nSPS) is 10.3. The first-order valence-corrected chi connectivity index (χ1v) is 7.86. The molecule has 3 rings (SSSR count). The van der Waals surface area contributed by atoms with Crippen molar-refractivity contribution in [1.82, 2.24) is 20.2 Å². The second kappa shape index (κ2) is 7.15. The molecule has 116 valence electrons. The van der Waals surface area contributed by atoms with Gasteiger partial charge in [0.1, 0.15) is 0 Å². The van der Waals surface area contributed by atoms with Crippen LogP contribution < -0.4 is 10.6 Å². The minimum atomic E-state index is 0.454. The van der Waals surface area contributed by atoms with E-state index >= 15 is 0 Å². The highest BCUT2D eigenvalue weighted by atomic mass is 79.9. The fourth-order valence-electron chi connectivity index (χ4n) is 2.02. The Labute approximate surface area is 142 Å². The van der Waals surface area contributed by atoms with Crippen LogP contribution in [-0.4, -0.2) is 20.2 Å². The number of aryl methyl sites for hydroxylation is 1. The van der Waals surface area contributed by atoms with E-state index in [1.54, 1.807) is 18.6 Å². The van der Waals surface area contributed by atoms with E-state index in [0.29, 0.717) is 18.3 Å². The van der Waals surface area contributed by atoms with E-state index in [1.807, 2.05) is 37.3 Å². The molecule has 2 N–H and O–H groups in total. The van der Waals surface area contributed by atoms with Gasteiger partial charge in [0, 0.05) is 29.1 Å². The number of hydrogen-bond acceptors (Lipinski definition) is 6. The number of rotatable bonds is 5. The lowest BCUT2D eigenvalue weighted by atomic mass is 10.2. The lowest BCUT2D eigenvalue weighted by Gasteiger charge is -2.09. The average molecular weight is 371 g/mol. The Hall–Kier alpha value is -2.54. The SMILES string of the molecule is Cc1cc(Br)ccc1Nc1nncc(NCc2ccncc2)n1. The minimum Gasteiger partial charge on any atom is -0.365 e. The van der Waals surface area contributed by atoms with Gasteiger partial charge >= 0.3 is 0 Å². The number of benzene rings is 1. The Morgan fingerprint density at radius 3 is 2.74 bits per heavy atom. The topological polar surface area (TPSA) is 75.6 Å². The van der Waals surface area contributed by atoms with E-state index in [2.05, 4.69) is 46.7 Å². The molecule has 0 aliphatic heterocycles. The molecule has 23 heavy (non-hydrogen) atoms. The van der Waals surface area contributed by atoms with E-state index in [-0.39, 0.29) is 0 Å². The molecule has 0 amide bonds. The maximum absolute atomic E-state index is 4.42. The molecule has 0 bridgehead atoms. The summed E-state index contributed by atoms with van der Waals surface area (Å²) in [4.78, 5) is 8.42. The van der Waals surface area contributed by atoms with Crippen LogP contribution in [0.5, 0.6) is 0 Å². The van der Waals surface area contributed by atoms with E-state index in [4.69, 9.17) is 0 Å². The maximum Gasteiger partial charge on any atom is 0.249 e. The van der Waals surface area contributed by atoms with Gasteiger partial charge in [-0.15, -0.1) is 5.10 Å². The summed E-state index contributed by atoms with van der Waals surface area (Å²) in [5.41, 5.74) is 3.16. The molecule has 0 atom stereocenters. The zero-order valence-electron chi connectivity index (χ0n) is 12.5. The third-order valence-corrected chi connectivity index (χ3v) is 3.71. The molecule has 0 aliphatic rings.